The van der Waals surface area contributed by atoms with Crippen LogP contribution in [-0.4, -0.2) is 33.5 Å². The van der Waals surface area contributed by atoms with E-state index in [1.807, 2.05) is 0 Å². The molecule has 1 amide bonds. The van der Waals surface area contributed by atoms with Gasteiger partial charge in [-0.1, -0.05) is 18.2 Å². The van der Waals surface area contributed by atoms with Gasteiger partial charge in [-0.3, -0.25) is 4.79 Å². The standard InChI is InChI=1S/C17H17F3N2O2/c1-10-6-7-21-15(10)16(24)22-9-11(23)8-14(22)12-4-2-3-5-13(12)17(18,19)20/h2-7,11,14,21,23H,8-9H2,1H3. The number of halogens is 3. The maximum absolute atomic E-state index is 13.3. The lowest BCUT2D eigenvalue weighted by Crippen LogP contribution is -2.33. The number of aliphatic hydroxyl groups excluding tert-OH is 1. The second kappa shape index (κ2) is 5.98. The minimum Gasteiger partial charge on any atom is -0.391 e. The Bertz CT molecular complexity index is 754. The van der Waals surface area contributed by atoms with Gasteiger partial charge in [0.15, 0.2) is 0 Å². The Hall–Kier alpha value is -2.28. The van der Waals surface area contributed by atoms with Gasteiger partial charge in [0.25, 0.3) is 5.91 Å². The SMILES string of the molecule is Cc1cc[nH]c1C(=O)N1CC(O)CC1c1ccccc1C(F)(F)F. The van der Waals surface area contributed by atoms with Gasteiger partial charge in [0.2, 0.25) is 0 Å². The first-order chi connectivity index (χ1) is 11.3. The summed E-state index contributed by atoms with van der Waals surface area (Å²) in [6.45, 7) is 1.75. The number of hydrogen-bond donors (Lipinski definition) is 2. The lowest BCUT2D eigenvalue weighted by molar-refractivity contribution is -0.138. The third-order valence-corrected chi connectivity index (χ3v) is 4.33. The summed E-state index contributed by atoms with van der Waals surface area (Å²) in [4.78, 5) is 16.9. The molecule has 0 radical (unpaired) electrons. The van der Waals surface area contributed by atoms with E-state index in [-0.39, 0.29) is 18.5 Å². The molecule has 2 unspecified atom stereocenters. The number of carbonyl (C=O) groups is 1. The number of aromatic nitrogens is 1. The molecule has 2 N–H and O–H groups in total. The van der Waals surface area contributed by atoms with Crippen molar-refractivity contribution in [2.75, 3.05) is 6.54 Å². The summed E-state index contributed by atoms with van der Waals surface area (Å²) in [7, 11) is 0. The van der Waals surface area contributed by atoms with Crippen molar-refractivity contribution in [3.8, 4) is 0 Å². The van der Waals surface area contributed by atoms with E-state index in [4.69, 9.17) is 0 Å². The van der Waals surface area contributed by atoms with Crippen LogP contribution in [0.3, 0.4) is 0 Å². The number of aryl methyl sites for hydroxylation is 1. The first-order valence-corrected chi connectivity index (χ1v) is 7.58. The molecular formula is C17H17F3N2O2. The summed E-state index contributed by atoms with van der Waals surface area (Å²) in [5.41, 5.74) is 0.284. The maximum atomic E-state index is 13.3. The fourth-order valence-electron chi connectivity index (χ4n) is 3.20. The number of amides is 1. The van der Waals surface area contributed by atoms with Gasteiger partial charge in [-0.05, 0) is 36.6 Å². The van der Waals surface area contributed by atoms with Crippen molar-refractivity contribution in [2.24, 2.45) is 0 Å². The molecule has 1 saturated heterocycles. The van der Waals surface area contributed by atoms with Crippen LogP contribution in [0.1, 0.15) is 39.6 Å². The fourth-order valence-corrected chi connectivity index (χ4v) is 3.20. The van der Waals surface area contributed by atoms with Crippen molar-refractivity contribution in [2.45, 2.75) is 31.7 Å². The summed E-state index contributed by atoms with van der Waals surface area (Å²) >= 11 is 0. The number of aromatic amines is 1. The number of H-pyrrole nitrogens is 1. The van der Waals surface area contributed by atoms with E-state index in [9.17, 15) is 23.1 Å². The molecule has 1 aliphatic heterocycles. The molecule has 128 valence electrons. The topological polar surface area (TPSA) is 56.3 Å². The van der Waals surface area contributed by atoms with E-state index in [2.05, 4.69) is 4.98 Å². The summed E-state index contributed by atoms with van der Waals surface area (Å²) in [6.07, 6.45) is -3.68. The van der Waals surface area contributed by atoms with Gasteiger partial charge in [0, 0.05) is 12.7 Å². The van der Waals surface area contributed by atoms with Crippen LogP contribution in [0.15, 0.2) is 36.5 Å². The van der Waals surface area contributed by atoms with Crippen LogP contribution in [0.25, 0.3) is 0 Å². The van der Waals surface area contributed by atoms with Crippen molar-refractivity contribution in [3.63, 3.8) is 0 Å². The Morgan fingerprint density at radius 3 is 2.62 bits per heavy atom. The highest BCUT2D eigenvalue weighted by Gasteiger charge is 2.41. The minimum absolute atomic E-state index is 0.00809. The maximum Gasteiger partial charge on any atom is 0.416 e. The number of benzene rings is 1. The zero-order valence-corrected chi connectivity index (χ0v) is 13.0. The van der Waals surface area contributed by atoms with Crippen LogP contribution >= 0.6 is 0 Å². The quantitative estimate of drug-likeness (QED) is 0.883. The zero-order chi connectivity index (χ0) is 17.5. The van der Waals surface area contributed by atoms with Crippen LogP contribution in [0.5, 0.6) is 0 Å². The number of aliphatic hydroxyl groups is 1. The molecule has 4 nitrogen and oxygen atoms in total. The molecule has 0 aliphatic carbocycles. The predicted octanol–water partition coefficient (Wildman–Crippen LogP) is 3.29. The number of nitrogens with zero attached hydrogens (tertiary/aromatic N) is 1. The lowest BCUT2D eigenvalue weighted by Gasteiger charge is -2.27. The average Bonchev–Trinajstić information content (AvgIpc) is 3.11. The highest BCUT2D eigenvalue weighted by Crippen LogP contribution is 2.40. The molecule has 1 fully saturated rings. The molecule has 0 saturated carbocycles. The zero-order valence-electron chi connectivity index (χ0n) is 13.0. The van der Waals surface area contributed by atoms with E-state index < -0.39 is 29.8 Å². The number of alkyl halides is 3. The van der Waals surface area contributed by atoms with E-state index in [1.165, 1.54) is 23.1 Å². The fraction of sp³-hybridized carbons (Fsp3) is 0.353. The molecule has 0 bridgehead atoms. The predicted molar refractivity (Wildman–Crippen MR) is 81.4 cm³/mol. The number of rotatable bonds is 2. The molecule has 2 atom stereocenters. The summed E-state index contributed by atoms with van der Waals surface area (Å²) < 4.78 is 39.9. The van der Waals surface area contributed by atoms with E-state index in [0.29, 0.717) is 11.3 Å². The Labute approximate surface area is 136 Å². The van der Waals surface area contributed by atoms with E-state index in [1.54, 1.807) is 19.2 Å². The van der Waals surface area contributed by atoms with Gasteiger partial charge < -0.3 is 15.0 Å². The molecule has 1 aromatic heterocycles. The number of carbonyl (C=O) groups excluding carboxylic acids is 1. The van der Waals surface area contributed by atoms with Crippen molar-refractivity contribution in [3.05, 3.63) is 58.9 Å². The summed E-state index contributed by atoms with van der Waals surface area (Å²) in [5.74, 6) is -0.406. The van der Waals surface area contributed by atoms with Crippen LogP contribution in [0.4, 0.5) is 13.2 Å². The van der Waals surface area contributed by atoms with Crippen molar-refractivity contribution < 1.29 is 23.1 Å². The number of hydrogen-bond acceptors (Lipinski definition) is 2. The molecule has 0 spiro atoms. The first-order valence-electron chi connectivity index (χ1n) is 7.58. The van der Waals surface area contributed by atoms with Gasteiger partial charge in [-0.15, -0.1) is 0 Å². The second-order valence-corrected chi connectivity index (χ2v) is 5.98. The summed E-state index contributed by atoms with van der Waals surface area (Å²) in [6, 6.07) is 6.11. The molecule has 24 heavy (non-hydrogen) atoms. The monoisotopic (exact) mass is 338 g/mol. The largest absolute Gasteiger partial charge is 0.416 e. The third-order valence-electron chi connectivity index (χ3n) is 4.33. The van der Waals surface area contributed by atoms with Crippen LogP contribution in [0, 0.1) is 6.92 Å². The molecule has 2 heterocycles. The van der Waals surface area contributed by atoms with E-state index in [0.717, 1.165) is 6.07 Å². The highest BCUT2D eigenvalue weighted by molar-refractivity contribution is 5.94. The Morgan fingerprint density at radius 2 is 2.00 bits per heavy atom. The van der Waals surface area contributed by atoms with Gasteiger partial charge in [-0.2, -0.15) is 13.2 Å². The molecule has 1 aliphatic rings. The van der Waals surface area contributed by atoms with Crippen LogP contribution in [-0.2, 0) is 6.18 Å². The van der Waals surface area contributed by atoms with Crippen molar-refractivity contribution in [1.82, 2.24) is 9.88 Å². The third kappa shape index (κ3) is 2.91. The second-order valence-electron chi connectivity index (χ2n) is 5.98. The minimum atomic E-state index is -4.51. The Balaban J connectivity index is 2.01. The number of β-amino-alcohol motifs (C(OH)–C–C–N with tert-alkyl or cyclic N) is 1. The normalized spacial score (nSPS) is 21.3. The molecule has 3 rings (SSSR count). The molecular weight excluding hydrogens is 321 g/mol. The van der Waals surface area contributed by atoms with Crippen molar-refractivity contribution in [1.29, 1.82) is 0 Å². The smallest absolute Gasteiger partial charge is 0.391 e. The molecule has 2 aromatic rings. The van der Waals surface area contributed by atoms with Gasteiger partial charge in [0.1, 0.15) is 5.69 Å². The van der Waals surface area contributed by atoms with Gasteiger partial charge in [-0.25, -0.2) is 0 Å². The number of nitrogens with one attached hydrogen (secondary N) is 1. The van der Waals surface area contributed by atoms with Crippen molar-refractivity contribution >= 4 is 5.91 Å². The Morgan fingerprint density at radius 1 is 1.29 bits per heavy atom. The molecule has 7 heteroatoms. The van der Waals surface area contributed by atoms with Gasteiger partial charge >= 0.3 is 6.18 Å². The lowest BCUT2D eigenvalue weighted by atomic mass is 9.97. The molecule has 1 aromatic carbocycles. The van der Waals surface area contributed by atoms with Crippen LogP contribution in [0.2, 0.25) is 0 Å². The van der Waals surface area contributed by atoms with E-state index >= 15 is 0 Å². The number of likely N-dealkylation sites (tertiary alicyclic amines) is 1. The summed E-state index contributed by atoms with van der Waals surface area (Å²) in [5, 5.41) is 9.96. The first kappa shape index (κ1) is 16.6. The Kier molecular flexibility index (Phi) is 4.13. The average molecular weight is 338 g/mol. The van der Waals surface area contributed by atoms with Crippen LogP contribution < -0.4 is 0 Å². The van der Waals surface area contributed by atoms with Gasteiger partial charge in [0.05, 0.1) is 17.7 Å². The highest BCUT2D eigenvalue weighted by atomic mass is 19.4.